The fraction of sp³-hybridized carbons (Fsp3) is 0.174. The molecule has 0 saturated heterocycles. The Labute approximate surface area is 172 Å². The molecule has 4 aromatic rings. The van der Waals surface area contributed by atoms with Crippen LogP contribution in [0.3, 0.4) is 0 Å². The maximum atomic E-state index is 12.8. The number of benzene rings is 1. The van der Waals surface area contributed by atoms with E-state index < -0.39 is 5.63 Å². The van der Waals surface area contributed by atoms with Crippen LogP contribution in [0.4, 0.5) is 0 Å². The molecule has 0 aliphatic rings. The van der Waals surface area contributed by atoms with Crippen molar-refractivity contribution >= 4 is 16.9 Å². The van der Waals surface area contributed by atoms with E-state index in [1.165, 1.54) is 6.92 Å². The number of hydrogen-bond acceptors (Lipinski definition) is 6. The second kappa shape index (κ2) is 7.51. The first-order valence-corrected chi connectivity index (χ1v) is 9.37. The number of furan rings is 1. The van der Waals surface area contributed by atoms with Gasteiger partial charge in [-0.05, 0) is 50.2 Å². The van der Waals surface area contributed by atoms with Crippen molar-refractivity contribution in [2.75, 3.05) is 7.05 Å². The van der Waals surface area contributed by atoms with Gasteiger partial charge < -0.3 is 18.8 Å². The number of rotatable bonds is 4. The number of hydrogen-bond donors (Lipinski definition) is 1. The van der Waals surface area contributed by atoms with Gasteiger partial charge in [0.25, 0.3) is 5.91 Å². The van der Waals surface area contributed by atoms with E-state index in [4.69, 9.17) is 8.83 Å². The summed E-state index contributed by atoms with van der Waals surface area (Å²) in [6.07, 6.45) is 1.69. The molecule has 0 spiro atoms. The molecule has 0 unspecified atom stereocenters. The zero-order valence-corrected chi connectivity index (χ0v) is 16.8. The Morgan fingerprint density at radius 2 is 1.90 bits per heavy atom. The summed E-state index contributed by atoms with van der Waals surface area (Å²) in [5.41, 5.74) is 1.77. The molecule has 0 atom stereocenters. The van der Waals surface area contributed by atoms with Crippen LogP contribution in [0, 0.1) is 13.8 Å². The zero-order valence-electron chi connectivity index (χ0n) is 16.8. The van der Waals surface area contributed by atoms with Crippen molar-refractivity contribution in [3.05, 3.63) is 81.5 Å². The molecule has 152 valence electrons. The van der Waals surface area contributed by atoms with E-state index in [9.17, 15) is 14.7 Å². The summed E-state index contributed by atoms with van der Waals surface area (Å²) in [7, 11) is 1.72. The largest absolute Gasteiger partial charge is 0.507 e. The minimum absolute atomic E-state index is 0.117. The monoisotopic (exact) mass is 404 g/mol. The third kappa shape index (κ3) is 3.45. The molecule has 30 heavy (non-hydrogen) atoms. The number of amides is 1. The molecule has 0 fully saturated rings. The molecule has 1 N–H and O–H groups in total. The van der Waals surface area contributed by atoms with Crippen LogP contribution < -0.4 is 5.63 Å². The Morgan fingerprint density at radius 1 is 1.10 bits per heavy atom. The lowest BCUT2D eigenvalue weighted by Crippen LogP contribution is -2.26. The minimum Gasteiger partial charge on any atom is -0.507 e. The molecule has 0 radical (unpaired) electrons. The molecule has 0 bridgehead atoms. The van der Waals surface area contributed by atoms with E-state index in [-0.39, 0.29) is 23.0 Å². The van der Waals surface area contributed by atoms with Gasteiger partial charge in [-0.15, -0.1) is 0 Å². The predicted molar refractivity (Wildman–Crippen MR) is 111 cm³/mol. The summed E-state index contributed by atoms with van der Waals surface area (Å²) < 4.78 is 11.1. The Balaban J connectivity index is 1.66. The van der Waals surface area contributed by atoms with E-state index in [1.807, 2.05) is 18.2 Å². The van der Waals surface area contributed by atoms with Gasteiger partial charge in [-0.2, -0.15) is 0 Å². The number of carbonyl (C=O) groups excluding carboxylic acids is 1. The number of aromatic hydroxyl groups is 1. The van der Waals surface area contributed by atoms with Crippen molar-refractivity contribution in [2.24, 2.45) is 0 Å². The van der Waals surface area contributed by atoms with Crippen molar-refractivity contribution in [3.63, 3.8) is 0 Å². The number of aromatic nitrogens is 1. The molecule has 0 saturated carbocycles. The molecule has 1 amide bonds. The Hall–Kier alpha value is -3.87. The first-order chi connectivity index (χ1) is 14.3. The number of fused-ring (bicyclic) bond motifs is 1. The number of carbonyl (C=O) groups is 1. The number of nitrogens with zero attached hydrogens (tertiary/aromatic N) is 2. The highest BCUT2D eigenvalue weighted by Crippen LogP contribution is 2.33. The lowest BCUT2D eigenvalue weighted by Gasteiger charge is -2.16. The molecule has 3 heterocycles. The SMILES string of the molecule is Cc1c(-c2cc3cc(C(=O)N(C)Cc4ccccn4)ccc3o2)oc(=O)c(C)c1O. The molecule has 3 aromatic heterocycles. The van der Waals surface area contributed by atoms with Crippen LogP contribution in [0.1, 0.15) is 27.2 Å². The van der Waals surface area contributed by atoms with Gasteiger partial charge in [0.1, 0.15) is 11.3 Å². The highest BCUT2D eigenvalue weighted by atomic mass is 16.4. The van der Waals surface area contributed by atoms with E-state index >= 15 is 0 Å². The third-order valence-electron chi connectivity index (χ3n) is 5.01. The van der Waals surface area contributed by atoms with Crippen LogP contribution in [0.5, 0.6) is 5.75 Å². The predicted octanol–water partition coefficient (Wildman–Crippen LogP) is 4.04. The van der Waals surface area contributed by atoms with Crippen LogP contribution in [-0.4, -0.2) is 27.9 Å². The smallest absolute Gasteiger partial charge is 0.343 e. The van der Waals surface area contributed by atoms with Crippen LogP contribution in [0.15, 0.2) is 62.3 Å². The highest BCUT2D eigenvalue weighted by Gasteiger charge is 2.19. The molecular weight excluding hydrogens is 384 g/mol. The van der Waals surface area contributed by atoms with Gasteiger partial charge in [0.15, 0.2) is 11.5 Å². The summed E-state index contributed by atoms with van der Waals surface area (Å²) in [6, 6.07) is 12.4. The molecule has 0 aliphatic heterocycles. The van der Waals surface area contributed by atoms with Gasteiger partial charge in [0, 0.05) is 29.8 Å². The Morgan fingerprint density at radius 3 is 2.63 bits per heavy atom. The van der Waals surface area contributed by atoms with Gasteiger partial charge >= 0.3 is 5.63 Å². The lowest BCUT2D eigenvalue weighted by atomic mass is 10.1. The molecule has 0 aliphatic carbocycles. The van der Waals surface area contributed by atoms with Crippen molar-refractivity contribution in [1.29, 1.82) is 0 Å². The quantitative estimate of drug-likeness (QED) is 0.551. The maximum Gasteiger partial charge on any atom is 0.343 e. The average molecular weight is 404 g/mol. The van der Waals surface area contributed by atoms with Crippen molar-refractivity contribution in [2.45, 2.75) is 20.4 Å². The van der Waals surface area contributed by atoms with Crippen molar-refractivity contribution in [1.82, 2.24) is 9.88 Å². The summed E-state index contributed by atoms with van der Waals surface area (Å²) in [5.74, 6) is 0.204. The van der Waals surface area contributed by atoms with Gasteiger partial charge in [-0.3, -0.25) is 9.78 Å². The Bertz CT molecular complexity index is 1300. The van der Waals surface area contributed by atoms with E-state index in [0.717, 1.165) is 5.69 Å². The topological polar surface area (TPSA) is 96.8 Å². The minimum atomic E-state index is -0.624. The number of pyridine rings is 1. The summed E-state index contributed by atoms with van der Waals surface area (Å²) >= 11 is 0. The highest BCUT2D eigenvalue weighted by molar-refractivity contribution is 5.98. The summed E-state index contributed by atoms with van der Waals surface area (Å²) in [4.78, 5) is 30.6. The van der Waals surface area contributed by atoms with E-state index in [2.05, 4.69) is 4.98 Å². The van der Waals surface area contributed by atoms with Gasteiger partial charge in [-0.1, -0.05) is 6.07 Å². The fourth-order valence-electron chi connectivity index (χ4n) is 3.28. The van der Waals surface area contributed by atoms with Crippen LogP contribution in [-0.2, 0) is 6.54 Å². The molecule has 1 aromatic carbocycles. The summed E-state index contributed by atoms with van der Waals surface area (Å²) in [5, 5.41) is 10.8. The fourth-order valence-corrected chi connectivity index (χ4v) is 3.28. The third-order valence-corrected chi connectivity index (χ3v) is 5.01. The van der Waals surface area contributed by atoms with E-state index in [0.29, 0.717) is 34.4 Å². The summed E-state index contributed by atoms with van der Waals surface area (Å²) in [6.45, 7) is 3.53. The normalized spacial score (nSPS) is 11.0. The standard InChI is InChI=1S/C23H20N2O5/c1-13-20(26)14(2)23(28)30-21(13)19-11-16-10-15(7-8-18(16)29-19)22(27)25(3)12-17-6-4-5-9-24-17/h4-11,26H,12H2,1-3H3. The van der Waals surface area contributed by atoms with Gasteiger partial charge in [-0.25, -0.2) is 4.79 Å². The Kier molecular flexibility index (Phi) is 4.87. The first kappa shape index (κ1) is 19.4. The maximum absolute atomic E-state index is 12.8. The first-order valence-electron chi connectivity index (χ1n) is 9.37. The van der Waals surface area contributed by atoms with Gasteiger partial charge in [0.05, 0.1) is 17.8 Å². The molecular formula is C23H20N2O5. The molecule has 7 heteroatoms. The second-order valence-corrected chi connectivity index (χ2v) is 7.16. The van der Waals surface area contributed by atoms with Crippen LogP contribution in [0.2, 0.25) is 0 Å². The van der Waals surface area contributed by atoms with Crippen molar-refractivity contribution in [3.8, 4) is 17.3 Å². The molecule has 7 nitrogen and oxygen atoms in total. The zero-order chi connectivity index (χ0) is 21.4. The van der Waals surface area contributed by atoms with Crippen LogP contribution in [0.25, 0.3) is 22.5 Å². The molecule has 4 rings (SSSR count). The van der Waals surface area contributed by atoms with Crippen molar-refractivity contribution < 1.29 is 18.7 Å². The second-order valence-electron chi connectivity index (χ2n) is 7.16. The van der Waals surface area contributed by atoms with Gasteiger partial charge in [0.2, 0.25) is 0 Å². The lowest BCUT2D eigenvalue weighted by molar-refractivity contribution is 0.0783. The van der Waals surface area contributed by atoms with E-state index in [1.54, 1.807) is 49.3 Å². The van der Waals surface area contributed by atoms with Crippen LogP contribution >= 0.6 is 0 Å². The average Bonchev–Trinajstić information content (AvgIpc) is 3.18.